The van der Waals surface area contributed by atoms with Gasteiger partial charge in [-0.1, -0.05) is 0 Å². The van der Waals surface area contributed by atoms with Gasteiger partial charge in [0.15, 0.2) is 0 Å². The minimum atomic E-state index is -4.38. The van der Waals surface area contributed by atoms with E-state index in [0.717, 1.165) is 4.90 Å². The topological polar surface area (TPSA) is 52.6 Å². The maximum absolute atomic E-state index is 12.2. The average molecular weight is 256 g/mol. The molecular formula is C10H19F3N2O2. The van der Waals surface area contributed by atoms with Gasteiger partial charge in [-0.15, -0.1) is 0 Å². The van der Waals surface area contributed by atoms with Gasteiger partial charge in [-0.2, -0.15) is 13.2 Å². The van der Waals surface area contributed by atoms with Gasteiger partial charge in [0.2, 0.25) is 5.91 Å². The molecule has 0 aromatic heterocycles. The molecule has 0 radical (unpaired) electrons. The Morgan fingerprint density at radius 3 is 2.18 bits per heavy atom. The maximum atomic E-state index is 12.2. The number of carbonyl (C=O) groups is 1. The molecule has 0 atom stereocenters. The van der Waals surface area contributed by atoms with Crippen LogP contribution in [0.3, 0.4) is 0 Å². The number of hydrogen-bond donors (Lipinski definition) is 2. The number of rotatable bonds is 5. The summed E-state index contributed by atoms with van der Waals surface area (Å²) < 4.78 is 36.5. The third-order valence-electron chi connectivity index (χ3n) is 1.70. The van der Waals surface area contributed by atoms with Crippen LogP contribution in [0.1, 0.15) is 20.8 Å². The summed E-state index contributed by atoms with van der Waals surface area (Å²) in [5.41, 5.74) is -0.486. The van der Waals surface area contributed by atoms with E-state index in [-0.39, 0.29) is 13.1 Å². The SMILES string of the molecule is CC(C)(C)NC(=O)CN(CCO)CC(F)(F)F. The quantitative estimate of drug-likeness (QED) is 0.763. The van der Waals surface area contributed by atoms with Crippen molar-refractivity contribution >= 4 is 5.91 Å². The lowest BCUT2D eigenvalue weighted by atomic mass is 10.1. The van der Waals surface area contributed by atoms with Crippen LogP contribution in [0.25, 0.3) is 0 Å². The highest BCUT2D eigenvalue weighted by Gasteiger charge is 2.31. The van der Waals surface area contributed by atoms with Crippen LogP contribution in [0.4, 0.5) is 13.2 Å². The molecule has 0 spiro atoms. The molecule has 0 rings (SSSR count). The first-order chi connectivity index (χ1) is 7.53. The smallest absolute Gasteiger partial charge is 0.395 e. The molecule has 0 saturated heterocycles. The second-order valence-electron chi connectivity index (χ2n) is 4.85. The molecular weight excluding hydrogens is 237 g/mol. The van der Waals surface area contributed by atoms with Crippen LogP contribution in [-0.2, 0) is 4.79 Å². The van der Waals surface area contributed by atoms with E-state index in [1.165, 1.54) is 0 Å². The van der Waals surface area contributed by atoms with Crippen LogP contribution in [0.5, 0.6) is 0 Å². The molecule has 0 aromatic rings. The molecule has 0 aliphatic rings. The Kier molecular flexibility index (Phi) is 5.91. The summed E-state index contributed by atoms with van der Waals surface area (Å²) in [6, 6.07) is 0. The Labute approximate surface area is 98.8 Å². The van der Waals surface area contributed by atoms with Crippen molar-refractivity contribution in [3.8, 4) is 0 Å². The second kappa shape index (κ2) is 6.20. The highest BCUT2D eigenvalue weighted by molar-refractivity contribution is 5.78. The van der Waals surface area contributed by atoms with E-state index >= 15 is 0 Å². The molecule has 7 heteroatoms. The number of aliphatic hydroxyl groups excluding tert-OH is 1. The van der Waals surface area contributed by atoms with Crippen molar-refractivity contribution in [1.29, 1.82) is 0 Å². The van der Waals surface area contributed by atoms with E-state index in [4.69, 9.17) is 5.11 Å². The Bertz CT molecular complexity index is 249. The van der Waals surface area contributed by atoms with Gasteiger partial charge in [0.1, 0.15) is 0 Å². The van der Waals surface area contributed by atoms with Gasteiger partial charge < -0.3 is 10.4 Å². The van der Waals surface area contributed by atoms with E-state index in [1.54, 1.807) is 20.8 Å². The molecule has 0 aliphatic heterocycles. The summed E-state index contributed by atoms with van der Waals surface area (Å²) in [5, 5.41) is 11.2. The predicted octanol–water partition coefficient (Wildman–Crippen LogP) is 0.758. The van der Waals surface area contributed by atoms with E-state index in [9.17, 15) is 18.0 Å². The molecule has 102 valence electrons. The number of alkyl halides is 3. The molecule has 4 nitrogen and oxygen atoms in total. The number of halogens is 3. The van der Waals surface area contributed by atoms with Gasteiger partial charge in [0, 0.05) is 12.1 Å². The average Bonchev–Trinajstić information content (AvgIpc) is 1.95. The van der Waals surface area contributed by atoms with Crippen LogP contribution < -0.4 is 5.32 Å². The zero-order valence-electron chi connectivity index (χ0n) is 10.3. The molecule has 0 aliphatic carbocycles. The van der Waals surface area contributed by atoms with E-state index < -0.39 is 30.8 Å². The Balaban J connectivity index is 4.30. The fourth-order valence-corrected chi connectivity index (χ4v) is 1.27. The van der Waals surface area contributed by atoms with Gasteiger partial charge in [-0.05, 0) is 20.8 Å². The minimum Gasteiger partial charge on any atom is -0.395 e. The van der Waals surface area contributed by atoms with Crippen molar-refractivity contribution in [3.05, 3.63) is 0 Å². The molecule has 1 amide bonds. The lowest BCUT2D eigenvalue weighted by molar-refractivity contribution is -0.149. The summed E-state index contributed by atoms with van der Waals surface area (Å²) >= 11 is 0. The molecule has 17 heavy (non-hydrogen) atoms. The molecule has 2 N–H and O–H groups in total. The van der Waals surface area contributed by atoms with E-state index in [2.05, 4.69) is 5.32 Å². The number of aliphatic hydroxyl groups is 1. The summed E-state index contributed by atoms with van der Waals surface area (Å²) in [6.07, 6.45) is -4.38. The Hall–Kier alpha value is -0.820. The number of nitrogens with zero attached hydrogens (tertiary/aromatic N) is 1. The van der Waals surface area contributed by atoms with Crippen LogP contribution in [0.2, 0.25) is 0 Å². The molecule has 0 fully saturated rings. The Morgan fingerprint density at radius 2 is 1.82 bits per heavy atom. The summed E-state index contributed by atoms with van der Waals surface area (Å²) in [4.78, 5) is 12.3. The number of nitrogens with one attached hydrogen (secondary N) is 1. The second-order valence-corrected chi connectivity index (χ2v) is 4.85. The predicted molar refractivity (Wildman–Crippen MR) is 57.5 cm³/mol. The van der Waals surface area contributed by atoms with Crippen LogP contribution in [-0.4, -0.2) is 53.9 Å². The first-order valence-electron chi connectivity index (χ1n) is 5.24. The van der Waals surface area contributed by atoms with Crippen molar-refractivity contribution in [1.82, 2.24) is 10.2 Å². The van der Waals surface area contributed by atoms with Crippen molar-refractivity contribution in [3.63, 3.8) is 0 Å². The number of carbonyl (C=O) groups excluding carboxylic acids is 1. The van der Waals surface area contributed by atoms with E-state index in [0.29, 0.717) is 0 Å². The van der Waals surface area contributed by atoms with Crippen LogP contribution >= 0.6 is 0 Å². The summed E-state index contributed by atoms with van der Waals surface area (Å²) in [7, 11) is 0. The first kappa shape index (κ1) is 16.2. The number of amides is 1. The van der Waals surface area contributed by atoms with Crippen LogP contribution in [0, 0.1) is 0 Å². The molecule has 0 unspecified atom stereocenters. The van der Waals surface area contributed by atoms with Gasteiger partial charge in [-0.3, -0.25) is 9.69 Å². The monoisotopic (exact) mass is 256 g/mol. The summed E-state index contributed by atoms with van der Waals surface area (Å²) in [6.45, 7) is 3.04. The fourth-order valence-electron chi connectivity index (χ4n) is 1.27. The highest BCUT2D eigenvalue weighted by Crippen LogP contribution is 2.16. The van der Waals surface area contributed by atoms with Crippen molar-refractivity contribution < 1.29 is 23.1 Å². The fraction of sp³-hybridized carbons (Fsp3) is 0.900. The minimum absolute atomic E-state index is 0.183. The highest BCUT2D eigenvalue weighted by atomic mass is 19.4. The number of hydrogen-bond acceptors (Lipinski definition) is 3. The van der Waals surface area contributed by atoms with Gasteiger partial charge >= 0.3 is 6.18 Å². The third-order valence-corrected chi connectivity index (χ3v) is 1.70. The zero-order chi connectivity index (χ0) is 13.7. The van der Waals surface area contributed by atoms with Crippen molar-refractivity contribution in [2.75, 3.05) is 26.2 Å². The summed E-state index contributed by atoms with van der Waals surface area (Å²) in [5.74, 6) is -0.491. The van der Waals surface area contributed by atoms with Crippen molar-refractivity contribution in [2.24, 2.45) is 0 Å². The molecule has 0 heterocycles. The van der Waals surface area contributed by atoms with Gasteiger partial charge in [-0.25, -0.2) is 0 Å². The Morgan fingerprint density at radius 1 is 1.29 bits per heavy atom. The molecule has 0 bridgehead atoms. The lowest BCUT2D eigenvalue weighted by Gasteiger charge is -2.25. The first-order valence-corrected chi connectivity index (χ1v) is 5.24. The van der Waals surface area contributed by atoms with Gasteiger partial charge in [0.25, 0.3) is 0 Å². The van der Waals surface area contributed by atoms with Crippen molar-refractivity contribution in [2.45, 2.75) is 32.5 Å². The standard InChI is InChI=1S/C10H19F3N2O2/c1-9(2,3)14-8(17)6-15(4-5-16)7-10(11,12)13/h16H,4-7H2,1-3H3,(H,14,17). The maximum Gasteiger partial charge on any atom is 0.401 e. The lowest BCUT2D eigenvalue weighted by Crippen LogP contribution is -2.48. The largest absolute Gasteiger partial charge is 0.401 e. The van der Waals surface area contributed by atoms with Crippen LogP contribution in [0.15, 0.2) is 0 Å². The zero-order valence-corrected chi connectivity index (χ0v) is 10.3. The molecule has 0 saturated carbocycles. The van der Waals surface area contributed by atoms with E-state index in [1.807, 2.05) is 0 Å². The molecule has 0 aromatic carbocycles. The third kappa shape index (κ3) is 10.1. The van der Waals surface area contributed by atoms with Gasteiger partial charge in [0.05, 0.1) is 19.7 Å². The normalized spacial score (nSPS) is 12.9.